The van der Waals surface area contributed by atoms with Gasteiger partial charge >= 0.3 is 0 Å². The largest absolute Gasteiger partial charge is 0.392 e. The Morgan fingerprint density at radius 2 is 1.92 bits per heavy atom. The highest BCUT2D eigenvalue weighted by atomic mass is 16.3. The van der Waals surface area contributed by atoms with Crippen molar-refractivity contribution in [2.45, 2.75) is 63.3 Å². The molecule has 0 aromatic heterocycles. The highest BCUT2D eigenvalue weighted by Crippen LogP contribution is 2.48. The van der Waals surface area contributed by atoms with E-state index in [9.17, 15) is 9.90 Å². The lowest BCUT2D eigenvalue weighted by Gasteiger charge is -2.60. The molecule has 1 amide bonds. The Morgan fingerprint density at radius 1 is 1.08 bits per heavy atom. The lowest BCUT2D eigenvalue weighted by Crippen LogP contribution is -2.67. The van der Waals surface area contributed by atoms with Gasteiger partial charge in [-0.3, -0.25) is 9.69 Å². The zero-order valence-electron chi connectivity index (χ0n) is 15.5. The number of nitrogens with zero attached hydrogens (tertiary/aromatic N) is 2. The van der Waals surface area contributed by atoms with Gasteiger partial charge in [-0.2, -0.15) is 0 Å². The van der Waals surface area contributed by atoms with Crippen LogP contribution in [0.4, 0.5) is 0 Å². The molecule has 1 saturated carbocycles. The number of carbonyl (C=O) groups is 1. The molecule has 3 aliphatic heterocycles. The molecule has 1 N–H and O–H groups in total. The van der Waals surface area contributed by atoms with Crippen molar-refractivity contribution >= 4 is 5.91 Å². The predicted octanol–water partition coefficient (Wildman–Crippen LogP) is 2.66. The zero-order chi connectivity index (χ0) is 17.7. The Balaban J connectivity index is 1.43. The maximum absolute atomic E-state index is 12.5. The van der Waals surface area contributed by atoms with Crippen molar-refractivity contribution in [3.63, 3.8) is 0 Å². The summed E-state index contributed by atoms with van der Waals surface area (Å²) >= 11 is 0. The van der Waals surface area contributed by atoms with E-state index in [0.717, 1.165) is 45.3 Å². The molecule has 6 atom stereocenters. The highest BCUT2D eigenvalue weighted by molar-refractivity contribution is 5.77. The summed E-state index contributed by atoms with van der Waals surface area (Å²) in [5.41, 5.74) is 1.35. The maximum Gasteiger partial charge on any atom is 0.222 e. The third-order valence-corrected chi connectivity index (χ3v) is 7.54. The molecule has 4 heteroatoms. The summed E-state index contributed by atoms with van der Waals surface area (Å²) < 4.78 is 0. The Morgan fingerprint density at radius 3 is 2.77 bits per heavy atom. The van der Waals surface area contributed by atoms with Gasteiger partial charge in [-0.15, -0.1) is 0 Å². The molecular weight excluding hydrogens is 324 g/mol. The van der Waals surface area contributed by atoms with Gasteiger partial charge in [-0.25, -0.2) is 0 Å². The normalized spacial score (nSPS) is 40.0. The number of hydrogen-bond donors (Lipinski definition) is 1. The van der Waals surface area contributed by atoms with Crippen LogP contribution in [0.15, 0.2) is 30.3 Å². The molecule has 0 unspecified atom stereocenters. The van der Waals surface area contributed by atoms with Crippen LogP contribution in [0.2, 0.25) is 0 Å². The molecule has 5 rings (SSSR count). The number of benzene rings is 1. The van der Waals surface area contributed by atoms with E-state index in [0.29, 0.717) is 42.2 Å². The Labute approximate surface area is 156 Å². The van der Waals surface area contributed by atoms with Gasteiger partial charge in [0, 0.05) is 43.4 Å². The smallest absolute Gasteiger partial charge is 0.222 e. The van der Waals surface area contributed by atoms with Gasteiger partial charge in [0.1, 0.15) is 0 Å². The van der Waals surface area contributed by atoms with Crippen molar-refractivity contribution < 1.29 is 9.90 Å². The standard InChI is InChI=1S/C22H30N2O2/c25-20-10-4-9-19-18-12-16(14-24(19)20)21-17(22(18)26)8-5-11-23(21)13-15-6-2-1-3-7-15/h1-3,6-7,16-19,21-22,26H,4-5,8-14H2/t16-,17-,18+,19+,21-,22+/m0/s1. The number of piperidine rings is 3. The maximum atomic E-state index is 12.5. The highest BCUT2D eigenvalue weighted by Gasteiger charge is 2.54. The average Bonchev–Trinajstić information content (AvgIpc) is 2.67. The van der Waals surface area contributed by atoms with Gasteiger partial charge in [0.05, 0.1) is 6.10 Å². The third-order valence-electron chi connectivity index (χ3n) is 7.54. The van der Waals surface area contributed by atoms with E-state index < -0.39 is 0 Å². The monoisotopic (exact) mass is 354 g/mol. The van der Waals surface area contributed by atoms with Crippen LogP contribution >= 0.6 is 0 Å². The number of fused-ring (bicyclic) bond motifs is 6. The fourth-order valence-corrected chi connectivity index (χ4v) is 6.54. The zero-order valence-corrected chi connectivity index (χ0v) is 15.5. The van der Waals surface area contributed by atoms with Crippen LogP contribution < -0.4 is 0 Å². The number of aliphatic hydroxyl groups is 1. The van der Waals surface area contributed by atoms with E-state index in [1.807, 2.05) is 0 Å². The minimum atomic E-state index is -0.242. The summed E-state index contributed by atoms with van der Waals surface area (Å²) in [7, 11) is 0. The number of amides is 1. The molecule has 4 nitrogen and oxygen atoms in total. The lowest BCUT2D eigenvalue weighted by atomic mass is 9.61. The SMILES string of the molecule is O=C1CCC[C@@H]2[C@H]3C[C@@H](CN12)[C@H]1[C@H](CCCN1Cc1ccccc1)[C@H]3O. The topological polar surface area (TPSA) is 43.8 Å². The average molecular weight is 354 g/mol. The first-order chi connectivity index (χ1) is 12.7. The van der Waals surface area contributed by atoms with Crippen molar-refractivity contribution in [3.05, 3.63) is 35.9 Å². The van der Waals surface area contributed by atoms with Crippen LogP contribution in [0.3, 0.4) is 0 Å². The first-order valence-electron chi connectivity index (χ1n) is 10.5. The second-order valence-electron chi connectivity index (χ2n) is 8.91. The second-order valence-corrected chi connectivity index (χ2v) is 8.91. The van der Waals surface area contributed by atoms with Gasteiger partial charge in [-0.1, -0.05) is 30.3 Å². The molecule has 1 aromatic rings. The fourth-order valence-electron chi connectivity index (χ4n) is 6.54. The molecule has 4 aliphatic rings. The summed E-state index contributed by atoms with van der Waals surface area (Å²) in [6.07, 6.45) is 5.97. The Hall–Kier alpha value is -1.39. The van der Waals surface area contributed by atoms with Crippen molar-refractivity contribution in [2.75, 3.05) is 13.1 Å². The molecule has 0 spiro atoms. The minimum Gasteiger partial charge on any atom is -0.392 e. The van der Waals surface area contributed by atoms with Crippen LogP contribution in [0, 0.1) is 17.8 Å². The molecule has 1 aliphatic carbocycles. The third kappa shape index (κ3) is 2.69. The first kappa shape index (κ1) is 16.8. The summed E-state index contributed by atoms with van der Waals surface area (Å²) in [6.45, 7) is 2.99. The van der Waals surface area contributed by atoms with E-state index in [2.05, 4.69) is 40.1 Å². The van der Waals surface area contributed by atoms with Crippen molar-refractivity contribution in [3.8, 4) is 0 Å². The Kier molecular flexibility index (Phi) is 4.29. The van der Waals surface area contributed by atoms with Crippen LogP contribution in [0.1, 0.15) is 44.1 Å². The molecule has 26 heavy (non-hydrogen) atoms. The van der Waals surface area contributed by atoms with E-state index in [4.69, 9.17) is 0 Å². The van der Waals surface area contributed by atoms with Crippen LogP contribution in [-0.2, 0) is 11.3 Å². The number of likely N-dealkylation sites (tertiary alicyclic amines) is 1. The van der Waals surface area contributed by atoms with E-state index in [1.54, 1.807) is 0 Å². The van der Waals surface area contributed by atoms with Crippen molar-refractivity contribution in [2.24, 2.45) is 17.8 Å². The van der Waals surface area contributed by atoms with Gasteiger partial charge in [0.2, 0.25) is 5.91 Å². The molecule has 1 aromatic carbocycles. The van der Waals surface area contributed by atoms with Gasteiger partial charge in [0.25, 0.3) is 0 Å². The minimum absolute atomic E-state index is 0.242. The number of aliphatic hydroxyl groups excluding tert-OH is 1. The van der Waals surface area contributed by atoms with Crippen LogP contribution in [0.25, 0.3) is 0 Å². The van der Waals surface area contributed by atoms with E-state index >= 15 is 0 Å². The molecule has 0 radical (unpaired) electrons. The van der Waals surface area contributed by atoms with E-state index in [-0.39, 0.29) is 6.10 Å². The molecule has 140 valence electrons. The summed E-state index contributed by atoms with van der Waals surface area (Å²) in [5.74, 6) is 1.54. The summed E-state index contributed by atoms with van der Waals surface area (Å²) in [6, 6.07) is 11.4. The van der Waals surface area contributed by atoms with Crippen molar-refractivity contribution in [1.29, 1.82) is 0 Å². The molecule has 3 saturated heterocycles. The molecular formula is C22H30N2O2. The molecule has 4 fully saturated rings. The predicted molar refractivity (Wildman–Crippen MR) is 100 cm³/mol. The van der Waals surface area contributed by atoms with Gasteiger partial charge < -0.3 is 10.0 Å². The molecule has 3 heterocycles. The lowest BCUT2D eigenvalue weighted by molar-refractivity contribution is -0.166. The van der Waals surface area contributed by atoms with Crippen LogP contribution in [-0.4, -0.2) is 52.1 Å². The number of carbonyl (C=O) groups excluding carboxylic acids is 1. The fraction of sp³-hybridized carbons (Fsp3) is 0.682. The number of rotatable bonds is 2. The number of hydrogen-bond acceptors (Lipinski definition) is 3. The quantitative estimate of drug-likeness (QED) is 0.888. The summed E-state index contributed by atoms with van der Waals surface area (Å²) in [4.78, 5) is 17.3. The first-order valence-corrected chi connectivity index (χ1v) is 10.5. The van der Waals surface area contributed by atoms with E-state index in [1.165, 1.54) is 12.0 Å². The second kappa shape index (κ2) is 6.65. The van der Waals surface area contributed by atoms with Gasteiger partial charge in [-0.05, 0) is 50.1 Å². The van der Waals surface area contributed by atoms with Crippen LogP contribution in [0.5, 0.6) is 0 Å². The Bertz CT molecular complexity index is 663. The van der Waals surface area contributed by atoms with Gasteiger partial charge in [0.15, 0.2) is 0 Å². The van der Waals surface area contributed by atoms with Crippen molar-refractivity contribution in [1.82, 2.24) is 9.80 Å². The molecule has 2 bridgehead atoms. The summed E-state index contributed by atoms with van der Waals surface area (Å²) in [5, 5.41) is 11.3.